The lowest BCUT2D eigenvalue weighted by molar-refractivity contribution is 0.102. The summed E-state index contributed by atoms with van der Waals surface area (Å²) in [7, 11) is 0. The predicted molar refractivity (Wildman–Crippen MR) is 98.0 cm³/mol. The minimum atomic E-state index is -0.419. The van der Waals surface area contributed by atoms with Crippen molar-refractivity contribution in [1.82, 2.24) is 15.2 Å². The third kappa shape index (κ3) is 4.65. The van der Waals surface area contributed by atoms with Gasteiger partial charge in [-0.1, -0.05) is 23.2 Å². The molecule has 1 amide bonds. The lowest BCUT2D eigenvalue weighted by Gasteiger charge is -2.08. The number of carbonyl (C=O) groups is 1. The number of carbonyl (C=O) groups excluding carboxylic acids is 1. The molecular formula is C17H13Cl2N5O. The van der Waals surface area contributed by atoms with E-state index in [9.17, 15) is 4.79 Å². The van der Waals surface area contributed by atoms with Crippen LogP contribution < -0.4 is 10.6 Å². The molecule has 2 heterocycles. The van der Waals surface area contributed by atoms with E-state index >= 15 is 0 Å². The Balaban J connectivity index is 1.63. The quantitative estimate of drug-likeness (QED) is 0.705. The lowest BCUT2D eigenvalue weighted by Crippen LogP contribution is -2.15. The largest absolute Gasteiger partial charge is 0.365 e. The Morgan fingerprint density at radius 1 is 1.00 bits per heavy atom. The zero-order chi connectivity index (χ0) is 17.6. The summed E-state index contributed by atoms with van der Waals surface area (Å²) < 4.78 is 0. The van der Waals surface area contributed by atoms with Gasteiger partial charge >= 0.3 is 0 Å². The molecule has 2 N–H and O–H groups in total. The van der Waals surface area contributed by atoms with E-state index in [4.69, 9.17) is 23.2 Å². The highest BCUT2D eigenvalue weighted by atomic mass is 35.5. The van der Waals surface area contributed by atoms with Crippen molar-refractivity contribution in [2.24, 2.45) is 0 Å². The van der Waals surface area contributed by atoms with Crippen molar-refractivity contribution in [3.05, 3.63) is 76.2 Å². The summed E-state index contributed by atoms with van der Waals surface area (Å²) in [6, 6.07) is 11.9. The Hall–Kier alpha value is -2.70. The molecule has 0 unspecified atom stereocenters. The summed E-state index contributed by atoms with van der Waals surface area (Å²) in [5.74, 6) is 0.145. The summed E-state index contributed by atoms with van der Waals surface area (Å²) in [4.78, 5) is 16.2. The molecule has 3 rings (SSSR count). The van der Waals surface area contributed by atoms with Crippen molar-refractivity contribution in [2.45, 2.75) is 6.54 Å². The second kappa shape index (κ2) is 7.92. The van der Waals surface area contributed by atoms with Gasteiger partial charge in [-0.15, -0.1) is 10.2 Å². The number of nitrogens with one attached hydrogen (secondary N) is 2. The maximum absolute atomic E-state index is 12.2. The van der Waals surface area contributed by atoms with Crippen LogP contribution in [0.4, 0.5) is 11.5 Å². The molecule has 0 aliphatic rings. The first-order valence-corrected chi connectivity index (χ1v) is 8.10. The van der Waals surface area contributed by atoms with Gasteiger partial charge in [0, 0.05) is 24.0 Å². The first-order valence-electron chi connectivity index (χ1n) is 7.35. The molecule has 2 aromatic heterocycles. The van der Waals surface area contributed by atoms with Crippen LogP contribution in [0.1, 0.15) is 16.1 Å². The van der Waals surface area contributed by atoms with Crippen molar-refractivity contribution in [3.8, 4) is 0 Å². The highest BCUT2D eigenvalue weighted by molar-refractivity contribution is 6.35. The lowest BCUT2D eigenvalue weighted by atomic mass is 10.2. The maximum atomic E-state index is 12.2. The SMILES string of the molecule is O=C(Nc1cc(Cl)ccc1Cl)c1ccc(NCc2ccncc2)nn1. The van der Waals surface area contributed by atoms with Crippen LogP contribution in [-0.2, 0) is 6.54 Å². The van der Waals surface area contributed by atoms with E-state index in [0.717, 1.165) is 5.56 Å². The van der Waals surface area contributed by atoms with E-state index in [1.165, 1.54) is 0 Å². The highest BCUT2D eigenvalue weighted by Gasteiger charge is 2.11. The molecule has 0 aliphatic heterocycles. The summed E-state index contributed by atoms with van der Waals surface area (Å²) in [5.41, 5.74) is 1.65. The smallest absolute Gasteiger partial charge is 0.276 e. The van der Waals surface area contributed by atoms with Crippen LogP contribution in [0.5, 0.6) is 0 Å². The van der Waals surface area contributed by atoms with Crippen LogP contribution in [-0.4, -0.2) is 21.1 Å². The number of aromatic nitrogens is 3. The van der Waals surface area contributed by atoms with E-state index in [1.807, 2.05) is 12.1 Å². The van der Waals surface area contributed by atoms with Gasteiger partial charge in [0.05, 0.1) is 10.7 Å². The van der Waals surface area contributed by atoms with Gasteiger partial charge in [0.15, 0.2) is 5.69 Å². The number of nitrogens with zero attached hydrogens (tertiary/aromatic N) is 3. The topological polar surface area (TPSA) is 79.8 Å². The number of hydrogen-bond donors (Lipinski definition) is 2. The molecule has 1 aromatic carbocycles. The van der Waals surface area contributed by atoms with E-state index in [2.05, 4.69) is 25.8 Å². The zero-order valence-electron chi connectivity index (χ0n) is 12.9. The predicted octanol–water partition coefficient (Wildman–Crippen LogP) is 4.04. The fourth-order valence-electron chi connectivity index (χ4n) is 2.02. The fourth-order valence-corrected chi connectivity index (χ4v) is 2.36. The second-order valence-electron chi connectivity index (χ2n) is 5.09. The number of halogens is 2. The second-order valence-corrected chi connectivity index (χ2v) is 5.93. The molecule has 0 aliphatic carbocycles. The Morgan fingerprint density at radius 3 is 2.52 bits per heavy atom. The van der Waals surface area contributed by atoms with Crippen LogP contribution in [0.3, 0.4) is 0 Å². The molecular weight excluding hydrogens is 361 g/mol. The van der Waals surface area contributed by atoms with Gasteiger partial charge in [-0.05, 0) is 48.0 Å². The Kier molecular flexibility index (Phi) is 5.42. The summed E-state index contributed by atoms with van der Waals surface area (Å²) >= 11 is 11.9. The molecule has 126 valence electrons. The van der Waals surface area contributed by atoms with Crippen molar-refractivity contribution >= 4 is 40.6 Å². The molecule has 0 fully saturated rings. The number of pyridine rings is 1. The molecule has 0 bridgehead atoms. The van der Waals surface area contributed by atoms with Crippen molar-refractivity contribution in [1.29, 1.82) is 0 Å². The summed E-state index contributed by atoms with van der Waals surface area (Å²) in [6.07, 6.45) is 3.44. The van der Waals surface area contributed by atoms with Gasteiger partial charge in [0.1, 0.15) is 5.82 Å². The van der Waals surface area contributed by atoms with Crippen LogP contribution >= 0.6 is 23.2 Å². The van der Waals surface area contributed by atoms with Gasteiger partial charge in [-0.2, -0.15) is 0 Å². The van der Waals surface area contributed by atoms with Crippen LogP contribution in [0, 0.1) is 0 Å². The standard InChI is InChI=1S/C17H13Cl2N5O/c18-12-1-2-13(19)15(9-12)22-17(25)14-3-4-16(24-23-14)21-10-11-5-7-20-8-6-11/h1-9H,10H2,(H,21,24)(H,22,25). The number of rotatable bonds is 5. The molecule has 25 heavy (non-hydrogen) atoms. The van der Waals surface area contributed by atoms with E-state index in [0.29, 0.717) is 28.1 Å². The molecule has 0 radical (unpaired) electrons. The molecule has 0 saturated heterocycles. The normalized spacial score (nSPS) is 10.3. The first kappa shape index (κ1) is 17.1. The zero-order valence-corrected chi connectivity index (χ0v) is 14.4. The minimum Gasteiger partial charge on any atom is -0.365 e. The maximum Gasteiger partial charge on any atom is 0.276 e. The van der Waals surface area contributed by atoms with Crippen LogP contribution in [0.15, 0.2) is 54.9 Å². The van der Waals surface area contributed by atoms with Crippen LogP contribution in [0.25, 0.3) is 0 Å². The third-order valence-electron chi connectivity index (χ3n) is 3.30. The Bertz CT molecular complexity index is 872. The monoisotopic (exact) mass is 373 g/mol. The molecule has 0 saturated carbocycles. The van der Waals surface area contributed by atoms with Gasteiger partial charge < -0.3 is 10.6 Å². The number of hydrogen-bond acceptors (Lipinski definition) is 5. The van der Waals surface area contributed by atoms with Gasteiger partial charge in [-0.25, -0.2) is 0 Å². The molecule has 0 atom stereocenters. The molecule has 8 heteroatoms. The summed E-state index contributed by atoms with van der Waals surface area (Å²) in [5, 5.41) is 14.6. The Labute approximate surface area is 154 Å². The minimum absolute atomic E-state index is 0.172. The average Bonchev–Trinajstić information content (AvgIpc) is 2.64. The van der Waals surface area contributed by atoms with E-state index < -0.39 is 5.91 Å². The Morgan fingerprint density at radius 2 is 1.80 bits per heavy atom. The average molecular weight is 374 g/mol. The number of anilines is 2. The molecule has 0 spiro atoms. The molecule has 6 nitrogen and oxygen atoms in total. The molecule has 3 aromatic rings. The van der Waals surface area contributed by atoms with E-state index in [-0.39, 0.29) is 5.69 Å². The number of benzene rings is 1. The third-order valence-corrected chi connectivity index (χ3v) is 3.86. The van der Waals surface area contributed by atoms with Crippen LogP contribution in [0.2, 0.25) is 10.0 Å². The fraction of sp³-hybridized carbons (Fsp3) is 0.0588. The van der Waals surface area contributed by atoms with Gasteiger partial charge in [-0.3, -0.25) is 9.78 Å². The number of amides is 1. The van der Waals surface area contributed by atoms with Gasteiger partial charge in [0.2, 0.25) is 0 Å². The van der Waals surface area contributed by atoms with Crippen molar-refractivity contribution in [2.75, 3.05) is 10.6 Å². The van der Waals surface area contributed by atoms with Crippen molar-refractivity contribution in [3.63, 3.8) is 0 Å². The highest BCUT2D eigenvalue weighted by Crippen LogP contribution is 2.25. The van der Waals surface area contributed by atoms with Gasteiger partial charge in [0.25, 0.3) is 5.91 Å². The first-order chi connectivity index (χ1) is 12.1. The summed E-state index contributed by atoms with van der Waals surface area (Å²) in [6.45, 7) is 0.584. The van der Waals surface area contributed by atoms with E-state index in [1.54, 1.807) is 42.7 Å². The van der Waals surface area contributed by atoms with Crippen molar-refractivity contribution < 1.29 is 4.79 Å².